The van der Waals surface area contributed by atoms with Crippen LogP contribution in [0.1, 0.15) is 25.8 Å². The van der Waals surface area contributed by atoms with Gasteiger partial charge in [0.05, 0.1) is 0 Å². The third-order valence-corrected chi connectivity index (χ3v) is 3.16. The lowest BCUT2D eigenvalue weighted by Crippen LogP contribution is -2.15. The minimum Gasteiger partial charge on any atom is -0.368 e. The summed E-state index contributed by atoms with van der Waals surface area (Å²) in [5, 5.41) is 13.8. The number of hydrogen-bond acceptors (Lipinski definition) is 4. The Hall–Kier alpha value is -2.50. The van der Waals surface area contributed by atoms with Crippen LogP contribution in [-0.4, -0.2) is 22.6 Å². The number of halogens is 1. The number of rotatable bonds is 7. The Morgan fingerprint density at radius 3 is 2.35 bits per heavy atom. The molecule has 23 heavy (non-hydrogen) atoms. The Balaban J connectivity index is 1.78. The van der Waals surface area contributed by atoms with E-state index in [-0.39, 0.29) is 11.7 Å². The van der Waals surface area contributed by atoms with E-state index in [4.69, 9.17) is 0 Å². The maximum atomic E-state index is 12.8. The zero-order valence-corrected chi connectivity index (χ0v) is 13.3. The largest absolute Gasteiger partial charge is 0.368 e. The molecule has 0 atom stereocenters. The van der Waals surface area contributed by atoms with Gasteiger partial charge in [0.15, 0.2) is 5.82 Å². The van der Waals surface area contributed by atoms with Gasteiger partial charge in [-0.15, -0.1) is 10.2 Å². The number of benzene rings is 1. The summed E-state index contributed by atoms with van der Waals surface area (Å²) in [6.45, 7) is 4.64. The number of nitrogens with one attached hydrogen (secondary N) is 2. The van der Waals surface area contributed by atoms with Crippen LogP contribution in [0.4, 0.5) is 16.0 Å². The van der Waals surface area contributed by atoms with Crippen LogP contribution < -0.4 is 10.6 Å². The first-order valence-corrected chi connectivity index (χ1v) is 7.65. The average Bonchev–Trinajstić information content (AvgIpc) is 2.50. The van der Waals surface area contributed by atoms with Crippen LogP contribution >= 0.6 is 0 Å². The molecule has 0 aliphatic carbocycles. The number of hydrogen-bond donors (Lipinski definition) is 2. The smallest absolute Gasteiger partial charge is 0.225 e. The van der Waals surface area contributed by atoms with Crippen LogP contribution in [0.15, 0.2) is 36.4 Å². The van der Waals surface area contributed by atoms with Gasteiger partial charge in [0.25, 0.3) is 0 Å². The molecule has 1 amide bonds. The summed E-state index contributed by atoms with van der Waals surface area (Å²) in [5.74, 6) is 1.08. The van der Waals surface area contributed by atoms with Gasteiger partial charge in [0, 0.05) is 13.0 Å². The molecule has 0 spiro atoms. The van der Waals surface area contributed by atoms with Crippen LogP contribution in [0.5, 0.6) is 0 Å². The lowest BCUT2D eigenvalue weighted by atomic mass is 10.1. The fourth-order valence-electron chi connectivity index (χ4n) is 2.04. The predicted molar refractivity (Wildman–Crippen MR) is 88.7 cm³/mol. The molecule has 1 aromatic heterocycles. The molecule has 0 saturated carbocycles. The van der Waals surface area contributed by atoms with E-state index < -0.39 is 0 Å². The maximum absolute atomic E-state index is 12.8. The van der Waals surface area contributed by atoms with E-state index in [1.807, 2.05) is 13.8 Å². The third kappa shape index (κ3) is 6.02. The minimum absolute atomic E-state index is 0.0636. The van der Waals surface area contributed by atoms with E-state index in [0.717, 1.165) is 12.0 Å². The summed E-state index contributed by atoms with van der Waals surface area (Å²) < 4.78 is 12.8. The molecule has 2 rings (SSSR count). The highest BCUT2D eigenvalue weighted by atomic mass is 19.1. The molecule has 0 bridgehead atoms. The van der Waals surface area contributed by atoms with Crippen LogP contribution in [0.2, 0.25) is 0 Å². The summed E-state index contributed by atoms with van der Waals surface area (Å²) in [5.41, 5.74) is 1.05. The Labute approximate surface area is 135 Å². The first-order valence-electron chi connectivity index (χ1n) is 7.65. The first kappa shape index (κ1) is 16.9. The number of carbonyl (C=O) groups excluding carboxylic acids is 1. The lowest BCUT2D eigenvalue weighted by molar-refractivity contribution is -0.116. The molecule has 0 aliphatic heterocycles. The zero-order valence-electron chi connectivity index (χ0n) is 13.3. The Kier molecular flexibility index (Phi) is 6.02. The average molecular weight is 316 g/mol. The highest BCUT2D eigenvalue weighted by Gasteiger charge is 2.06. The molecule has 0 saturated heterocycles. The number of carbonyl (C=O) groups is 1. The van der Waals surface area contributed by atoms with Crippen LogP contribution in [0, 0.1) is 11.7 Å². The number of nitrogens with zero attached hydrogens (tertiary/aromatic N) is 2. The normalized spacial score (nSPS) is 10.6. The summed E-state index contributed by atoms with van der Waals surface area (Å²) in [7, 11) is 0. The Morgan fingerprint density at radius 2 is 1.74 bits per heavy atom. The molecule has 2 aromatic rings. The zero-order chi connectivity index (χ0) is 16.7. The molecule has 6 heteroatoms. The molecule has 2 N–H and O–H groups in total. The summed E-state index contributed by atoms with van der Waals surface area (Å²) >= 11 is 0. The molecule has 0 fully saturated rings. The van der Waals surface area contributed by atoms with E-state index >= 15 is 0 Å². The molecule has 1 heterocycles. The molecular weight excluding hydrogens is 295 g/mol. The van der Waals surface area contributed by atoms with Crippen molar-refractivity contribution in [3.63, 3.8) is 0 Å². The van der Waals surface area contributed by atoms with E-state index in [2.05, 4.69) is 20.8 Å². The van der Waals surface area contributed by atoms with Crippen molar-refractivity contribution in [3.8, 4) is 0 Å². The monoisotopic (exact) mass is 316 g/mol. The van der Waals surface area contributed by atoms with E-state index in [1.54, 1.807) is 24.3 Å². The second-order valence-corrected chi connectivity index (χ2v) is 5.75. The quantitative estimate of drug-likeness (QED) is 0.823. The number of amides is 1. The Morgan fingerprint density at radius 1 is 1.09 bits per heavy atom. The van der Waals surface area contributed by atoms with Crippen LogP contribution in [0.3, 0.4) is 0 Å². The molecule has 1 aromatic carbocycles. The van der Waals surface area contributed by atoms with E-state index in [9.17, 15) is 9.18 Å². The van der Waals surface area contributed by atoms with E-state index in [1.165, 1.54) is 12.1 Å². The van der Waals surface area contributed by atoms with Gasteiger partial charge in [0.1, 0.15) is 11.6 Å². The van der Waals surface area contributed by atoms with Crippen molar-refractivity contribution in [1.82, 2.24) is 10.2 Å². The van der Waals surface area contributed by atoms with Crippen LogP contribution in [-0.2, 0) is 11.2 Å². The summed E-state index contributed by atoms with van der Waals surface area (Å²) in [6.07, 6.45) is 1.22. The molecule has 0 aliphatic rings. The van der Waals surface area contributed by atoms with Gasteiger partial charge in [-0.2, -0.15) is 0 Å². The number of aromatic nitrogens is 2. The lowest BCUT2D eigenvalue weighted by Gasteiger charge is -2.08. The standard InChI is InChI=1S/C17H21FN4O/c1-12(2)11-17(23)20-16-8-7-15(21-22-16)19-10-9-13-3-5-14(18)6-4-13/h3-8,12H,9-11H2,1-2H3,(H,19,21)(H,20,22,23). The molecular formula is C17H21FN4O. The SMILES string of the molecule is CC(C)CC(=O)Nc1ccc(NCCc2ccc(F)cc2)nn1. The molecule has 5 nitrogen and oxygen atoms in total. The second kappa shape index (κ2) is 8.22. The molecule has 122 valence electrons. The topological polar surface area (TPSA) is 66.9 Å². The van der Waals surface area contributed by atoms with Crippen molar-refractivity contribution < 1.29 is 9.18 Å². The maximum Gasteiger partial charge on any atom is 0.225 e. The van der Waals surface area contributed by atoms with Crippen molar-refractivity contribution in [2.75, 3.05) is 17.2 Å². The van der Waals surface area contributed by atoms with Gasteiger partial charge >= 0.3 is 0 Å². The Bertz CT molecular complexity index is 626. The van der Waals surface area contributed by atoms with Crippen LogP contribution in [0.25, 0.3) is 0 Å². The van der Waals surface area contributed by atoms with Crippen molar-refractivity contribution in [2.24, 2.45) is 5.92 Å². The van der Waals surface area contributed by atoms with Gasteiger partial charge in [-0.3, -0.25) is 4.79 Å². The fraction of sp³-hybridized carbons (Fsp3) is 0.353. The highest BCUT2D eigenvalue weighted by Crippen LogP contribution is 2.09. The van der Waals surface area contributed by atoms with Gasteiger partial charge < -0.3 is 10.6 Å². The fourth-order valence-corrected chi connectivity index (χ4v) is 2.04. The van der Waals surface area contributed by atoms with Gasteiger partial charge in [-0.1, -0.05) is 26.0 Å². The summed E-state index contributed by atoms with van der Waals surface area (Å²) in [6, 6.07) is 9.90. The van der Waals surface area contributed by atoms with Crippen molar-refractivity contribution in [1.29, 1.82) is 0 Å². The van der Waals surface area contributed by atoms with Gasteiger partial charge in [-0.05, 0) is 42.2 Å². The van der Waals surface area contributed by atoms with Crippen molar-refractivity contribution in [2.45, 2.75) is 26.7 Å². The van der Waals surface area contributed by atoms with Crippen molar-refractivity contribution in [3.05, 3.63) is 47.8 Å². The first-order chi connectivity index (χ1) is 11.0. The molecule has 0 unspecified atom stereocenters. The predicted octanol–water partition coefficient (Wildman–Crippen LogP) is 3.25. The summed E-state index contributed by atoms with van der Waals surface area (Å²) in [4.78, 5) is 11.6. The molecule has 0 radical (unpaired) electrons. The number of anilines is 2. The highest BCUT2D eigenvalue weighted by molar-refractivity contribution is 5.89. The van der Waals surface area contributed by atoms with E-state index in [0.29, 0.717) is 30.5 Å². The van der Waals surface area contributed by atoms with Gasteiger partial charge in [-0.25, -0.2) is 4.39 Å². The second-order valence-electron chi connectivity index (χ2n) is 5.75. The van der Waals surface area contributed by atoms with Crippen molar-refractivity contribution >= 4 is 17.5 Å². The minimum atomic E-state index is -0.234. The van der Waals surface area contributed by atoms with Gasteiger partial charge in [0.2, 0.25) is 5.91 Å². The third-order valence-electron chi connectivity index (χ3n) is 3.16.